The summed E-state index contributed by atoms with van der Waals surface area (Å²) in [5.41, 5.74) is 2.29. The molecule has 1 amide bonds. The van der Waals surface area contributed by atoms with Gasteiger partial charge in [-0.1, -0.05) is 17.7 Å². The standard InChI is InChI=1S/C14H10ClN3O/c1-9-5-13(15)17-8-12(9)18-14(19)11-4-2-3-10(6-11)7-16/h2-6,8H,1H3,(H,18,19). The summed E-state index contributed by atoms with van der Waals surface area (Å²) < 4.78 is 0. The number of hydrogen-bond acceptors (Lipinski definition) is 3. The zero-order valence-corrected chi connectivity index (χ0v) is 10.9. The fourth-order valence-electron chi connectivity index (χ4n) is 1.58. The van der Waals surface area contributed by atoms with Gasteiger partial charge in [0.1, 0.15) is 5.15 Å². The molecule has 0 aliphatic rings. The third kappa shape index (κ3) is 3.09. The smallest absolute Gasteiger partial charge is 0.255 e. The highest BCUT2D eigenvalue weighted by molar-refractivity contribution is 6.29. The molecule has 1 N–H and O–H groups in total. The van der Waals surface area contributed by atoms with E-state index in [0.29, 0.717) is 22.0 Å². The molecule has 0 bridgehead atoms. The summed E-state index contributed by atoms with van der Waals surface area (Å²) in [4.78, 5) is 16.0. The summed E-state index contributed by atoms with van der Waals surface area (Å²) in [6, 6.07) is 10.2. The largest absolute Gasteiger partial charge is 0.320 e. The van der Waals surface area contributed by atoms with Crippen molar-refractivity contribution in [3.8, 4) is 6.07 Å². The van der Waals surface area contributed by atoms with E-state index in [0.717, 1.165) is 5.56 Å². The molecule has 0 radical (unpaired) electrons. The minimum absolute atomic E-state index is 0.288. The van der Waals surface area contributed by atoms with E-state index < -0.39 is 0 Å². The van der Waals surface area contributed by atoms with E-state index in [4.69, 9.17) is 16.9 Å². The number of nitrogens with zero attached hydrogens (tertiary/aromatic N) is 2. The predicted molar refractivity (Wildman–Crippen MR) is 73.1 cm³/mol. The molecular weight excluding hydrogens is 262 g/mol. The molecule has 1 aromatic heterocycles. The molecular formula is C14H10ClN3O. The second-order valence-corrected chi connectivity index (χ2v) is 4.36. The molecule has 0 aliphatic heterocycles. The summed E-state index contributed by atoms with van der Waals surface area (Å²) >= 11 is 5.75. The van der Waals surface area contributed by atoms with Gasteiger partial charge in [0.2, 0.25) is 0 Å². The quantitative estimate of drug-likeness (QED) is 0.853. The molecule has 0 aliphatic carbocycles. The first kappa shape index (κ1) is 13.1. The predicted octanol–water partition coefficient (Wildman–Crippen LogP) is 3.17. The van der Waals surface area contributed by atoms with E-state index in [1.165, 1.54) is 12.3 Å². The van der Waals surface area contributed by atoms with Crippen LogP contribution in [-0.4, -0.2) is 10.9 Å². The van der Waals surface area contributed by atoms with E-state index in [1.807, 2.05) is 13.0 Å². The van der Waals surface area contributed by atoms with E-state index in [-0.39, 0.29) is 5.91 Å². The fourth-order valence-corrected chi connectivity index (χ4v) is 1.79. The lowest BCUT2D eigenvalue weighted by Crippen LogP contribution is -2.13. The maximum absolute atomic E-state index is 12.0. The highest BCUT2D eigenvalue weighted by Gasteiger charge is 2.09. The number of carbonyl (C=O) groups excluding carboxylic acids is 1. The van der Waals surface area contributed by atoms with E-state index in [9.17, 15) is 4.79 Å². The van der Waals surface area contributed by atoms with Gasteiger partial charge < -0.3 is 5.32 Å². The summed E-state index contributed by atoms with van der Waals surface area (Å²) in [5.74, 6) is -0.288. The van der Waals surface area contributed by atoms with Gasteiger partial charge in [-0.25, -0.2) is 4.98 Å². The molecule has 2 aromatic rings. The number of nitriles is 1. The normalized spacial score (nSPS) is 9.74. The Morgan fingerprint density at radius 1 is 1.42 bits per heavy atom. The Hall–Kier alpha value is -2.38. The Labute approximate surface area is 115 Å². The molecule has 4 nitrogen and oxygen atoms in total. The van der Waals surface area contributed by atoms with Crippen LogP contribution in [0.2, 0.25) is 5.15 Å². The average molecular weight is 272 g/mol. The number of benzene rings is 1. The molecule has 0 unspecified atom stereocenters. The van der Waals surface area contributed by atoms with Crippen molar-refractivity contribution in [1.82, 2.24) is 4.98 Å². The third-order valence-corrected chi connectivity index (χ3v) is 2.79. The van der Waals surface area contributed by atoms with Crippen LogP contribution in [-0.2, 0) is 0 Å². The lowest BCUT2D eigenvalue weighted by molar-refractivity contribution is 0.102. The number of rotatable bonds is 2. The minimum atomic E-state index is -0.288. The molecule has 5 heteroatoms. The van der Waals surface area contributed by atoms with Gasteiger partial charge in [0.15, 0.2) is 0 Å². The molecule has 1 aromatic carbocycles. The van der Waals surface area contributed by atoms with Crippen molar-refractivity contribution < 1.29 is 4.79 Å². The van der Waals surface area contributed by atoms with Crippen LogP contribution >= 0.6 is 11.6 Å². The molecule has 0 spiro atoms. The maximum atomic E-state index is 12.0. The summed E-state index contributed by atoms with van der Waals surface area (Å²) in [6.07, 6.45) is 1.50. The maximum Gasteiger partial charge on any atom is 0.255 e. The Morgan fingerprint density at radius 2 is 2.21 bits per heavy atom. The number of aryl methyl sites for hydroxylation is 1. The summed E-state index contributed by atoms with van der Waals surface area (Å²) in [7, 11) is 0. The van der Waals surface area contributed by atoms with Gasteiger partial charge >= 0.3 is 0 Å². The Bertz CT molecular complexity index is 677. The van der Waals surface area contributed by atoms with Crippen molar-refractivity contribution in [3.05, 3.63) is 58.4 Å². The Kier molecular flexibility index (Phi) is 3.79. The van der Waals surface area contributed by atoms with Gasteiger partial charge in [0, 0.05) is 5.56 Å². The Balaban J connectivity index is 2.23. The van der Waals surface area contributed by atoms with Crippen LogP contribution < -0.4 is 5.32 Å². The Morgan fingerprint density at radius 3 is 2.89 bits per heavy atom. The van der Waals surface area contributed by atoms with Crippen molar-refractivity contribution in [2.45, 2.75) is 6.92 Å². The molecule has 0 saturated heterocycles. The van der Waals surface area contributed by atoms with Gasteiger partial charge in [0.25, 0.3) is 5.91 Å². The molecule has 94 valence electrons. The number of hydrogen-bond donors (Lipinski definition) is 1. The summed E-state index contributed by atoms with van der Waals surface area (Å²) in [5, 5.41) is 11.9. The van der Waals surface area contributed by atoms with E-state index in [2.05, 4.69) is 10.3 Å². The van der Waals surface area contributed by atoms with E-state index in [1.54, 1.807) is 24.3 Å². The van der Waals surface area contributed by atoms with Crippen molar-refractivity contribution >= 4 is 23.2 Å². The van der Waals surface area contributed by atoms with Crippen molar-refractivity contribution in [3.63, 3.8) is 0 Å². The highest BCUT2D eigenvalue weighted by atomic mass is 35.5. The molecule has 0 atom stereocenters. The molecule has 0 fully saturated rings. The first-order valence-electron chi connectivity index (χ1n) is 5.54. The first-order chi connectivity index (χ1) is 9.10. The first-order valence-corrected chi connectivity index (χ1v) is 5.91. The van der Waals surface area contributed by atoms with Gasteiger partial charge in [-0.05, 0) is 36.8 Å². The lowest BCUT2D eigenvalue weighted by Gasteiger charge is -2.08. The monoisotopic (exact) mass is 271 g/mol. The van der Waals surface area contributed by atoms with Crippen LogP contribution in [0.1, 0.15) is 21.5 Å². The number of amides is 1. The molecule has 19 heavy (non-hydrogen) atoms. The number of anilines is 1. The van der Waals surface area contributed by atoms with Crippen LogP contribution in [0.3, 0.4) is 0 Å². The molecule has 1 heterocycles. The van der Waals surface area contributed by atoms with Crippen LogP contribution in [0.4, 0.5) is 5.69 Å². The highest BCUT2D eigenvalue weighted by Crippen LogP contribution is 2.17. The number of nitrogens with one attached hydrogen (secondary N) is 1. The van der Waals surface area contributed by atoms with Crippen molar-refractivity contribution in [2.75, 3.05) is 5.32 Å². The zero-order valence-electron chi connectivity index (χ0n) is 10.1. The second-order valence-electron chi connectivity index (χ2n) is 3.97. The van der Waals surface area contributed by atoms with Gasteiger partial charge in [0.05, 0.1) is 23.5 Å². The van der Waals surface area contributed by atoms with Crippen molar-refractivity contribution in [1.29, 1.82) is 5.26 Å². The van der Waals surface area contributed by atoms with Gasteiger partial charge in [-0.15, -0.1) is 0 Å². The zero-order chi connectivity index (χ0) is 13.8. The molecule has 2 rings (SSSR count). The van der Waals surface area contributed by atoms with Crippen LogP contribution in [0.5, 0.6) is 0 Å². The van der Waals surface area contributed by atoms with Crippen LogP contribution in [0, 0.1) is 18.3 Å². The van der Waals surface area contributed by atoms with Gasteiger partial charge in [-0.3, -0.25) is 4.79 Å². The second kappa shape index (κ2) is 5.51. The number of aromatic nitrogens is 1. The van der Waals surface area contributed by atoms with E-state index >= 15 is 0 Å². The summed E-state index contributed by atoms with van der Waals surface area (Å²) in [6.45, 7) is 1.83. The molecule has 0 saturated carbocycles. The van der Waals surface area contributed by atoms with Crippen molar-refractivity contribution in [2.24, 2.45) is 0 Å². The minimum Gasteiger partial charge on any atom is -0.320 e. The SMILES string of the molecule is Cc1cc(Cl)ncc1NC(=O)c1cccc(C#N)c1. The van der Waals surface area contributed by atoms with Gasteiger partial charge in [-0.2, -0.15) is 5.26 Å². The fraction of sp³-hybridized carbons (Fsp3) is 0.0714. The van der Waals surface area contributed by atoms with Crippen LogP contribution in [0.25, 0.3) is 0 Å². The third-order valence-electron chi connectivity index (χ3n) is 2.58. The van der Waals surface area contributed by atoms with Crippen LogP contribution in [0.15, 0.2) is 36.5 Å². The lowest BCUT2D eigenvalue weighted by atomic mass is 10.1. The average Bonchev–Trinajstić information content (AvgIpc) is 2.42. The number of halogens is 1. The topological polar surface area (TPSA) is 65.8 Å². The number of carbonyl (C=O) groups is 1. The number of pyridine rings is 1.